The second-order valence-corrected chi connectivity index (χ2v) is 8.87. The zero-order valence-electron chi connectivity index (χ0n) is 20.4. The number of anilines is 1. The Kier molecular flexibility index (Phi) is 6.27. The van der Waals surface area contributed by atoms with Crippen LogP contribution < -0.4 is 9.64 Å². The number of methoxy groups -OCH3 is 1. The number of hydrogen-bond acceptors (Lipinski definition) is 4. The Morgan fingerprint density at radius 3 is 2.31 bits per heavy atom. The summed E-state index contributed by atoms with van der Waals surface area (Å²) in [4.78, 5) is 18.1. The Morgan fingerprint density at radius 2 is 1.57 bits per heavy atom. The van der Waals surface area contributed by atoms with Crippen LogP contribution in [0.15, 0.2) is 79.0 Å². The molecule has 35 heavy (non-hydrogen) atoms. The van der Waals surface area contributed by atoms with E-state index in [0.717, 1.165) is 24.3 Å². The molecule has 0 unspecified atom stereocenters. The number of ether oxygens (including phenoxy) is 1. The van der Waals surface area contributed by atoms with Crippen molar-refractivity contribution in [3.8, 4) is 22.7 Å². The van der Waals surface area contributed by atoms with Crippen molar-refractivity contribution in [3.05, 3.63) is 95.7 Å². The number of aryl methyl sites for hydroxylation is 1. The van der Waals surface area contributed by atoms with Gasteiger partial charge in [0.05, 0.1) is 18.4 Å². The third-order valence-electron chi connectivity index (χ3n) is 6.81. The smallest absolute Gasteiger partial charge is 0.257 e. The second kappa shape index (κ2) is 9.66. The fourth-order valence-corrected chi connectivity index (χ4v) is 4.68. The van der Waals surface area contributed by atoms with Crippen molar-refractivity contribution >= 4 is 11.6 Å². The predicted octanol–water partition coefficient (Wildman–Crippen LogP) is 5.13. The van der Waals surface area contributed by atoms with Crippen molar-refractivity contribution in [1.82, 2.24) is 14.7 Å². The topological polar surface area (TPSA) is 50.6 Å². The monoisotopic (exact) mass is 466 g/mol. The molecule has 5 rings (SSSR count). The first-order valence-electron chi connectivity index (χ1n) is 12.0. The van der Waals surface area contributed by atoms with Crippen molar-refractivity contribution in [2.24, 2.45) is 0 Å². The Hall–Kier alpha value is -4.06. The van der Waals surface area contributed by atoms with Gasteiger partial charge in [-0.25, -0.2) is 4.68 Å². The Bertz CT molecular complexity index is 1340. The summed E-state index contributed by atoms with van der Waals surface area (Å²) >= 11 is 0. The maximum absolute atomic E-state index is 13.8. The number of rotatable bonds is 5. The molecule has 1 aromatic heterocycles. The number of carbonyl (C=O) groups excluding carboxylic acids is 1. The summed E-state index contributed by atoms with van der Waals surface area (Å²) in [5, 5.41) is 4.84. The van der Waals surface area contributed by atoms with E-state index in [1.165, 1.54) is 16.8 Å². The van der Waals surface area contributed by atoms with Gasteiger partial charge in [0.15, 0.2) is 0 Å². The Labute approximate surface area is 206 Å². The van der Waals surface area contributed by atoms with Crippen LogP contribution in [0.3, 0.4) is 0 Å². The molecule has 0 aliphatic carbocycles. The van der Waals surface area contributed by atoms with Crippen LogP contribution in [-0.2, 0) is 0 Å². The summed E-state index contributed by atoms with van der Waals surface area (Å²) in [6.45, 7) is 7.23. The van der Waals surface area contributed by atoms with E-state index < -0.39 is 0 Å². The summed E-state index contributed by atoms with van der Waals surface area (Å²) < 4.78 is 7.38. The Morgan fingerprint density at radius 1 is 0.857 bits per heavy atom. The molecule has 2 heterocycles. The molecule has 178 valence electrons. The van der Waals surface area contributed by atoms with Gasteiger partial charge in [-0.3, -0.25) is 4.79 Å². The van der Waals surface area contributed by atoms with Gasteiger partial charge in [0.25, 0.3) is 5.91 Å². The molecule has 0 spiro atoms. The number of carbonyl (C=O) groups is 1. The van der Waals surface area contributed by atoms with Crippen LogP contribution in [-0.4, -0.2) is 53.9 Å². The van der Waals surface area contributed by atoms with Crippen molar-refractivity contribution in [2.45, 2.75) is 13.8 Å². The Balaban J connectivity index is 1.45. The lowest BCUT2D eigenvalue weighted by Gasteiger charge is -2.37. The average molecular weight is 467 g/mol. The van der Waals surface area contributed by atoms with Crippen molar-refractivity contribution in [2.75, 3.05) is 38.2 Å². The van der Waals surface area contributed by atoms with Crippen molar-refractivity contribution in [1.29, 1.82) is 0 Å². The van der Waals surface area contributed by atoms with E-state index >= 15 is 0 Å². The first kappa shape index (κ1) is 22.7. The molecule has 6 nitrogen and oxygen atoms in total. The third kappa shape index (κ3) is 4.39. The molecule has 0 atom stereocenters. The first-order chi connectivity index (χ1) is 17.1. The average Bonchev–Trinajstić information content (AvgIpc) is 3.36. The lowest BCUT2D eigenvalue weighted by atomic mass is 10.1. The normalized spacial score (nSPS) is 13.7. The third-order valence-corrected chi connectivity index (χ3v) is 6.81. The first-order valence-corrected chi connectivity index (χ1v) is 12.0. The van der Waals surface area contributed by atoms with Gasteiger partial charge in [-0.15, -0.1) is 0 Å². The van der Waals surface area contributed by atoms with E-state index in [-0.39, 0.29) is 5.91 Å². The molecular weight excluding hydrogens is 436 g/mol. The molecule has 1 amide bonds. The fourth-order valence-electron chi connectivity index (χ4n) is 4.68. The number of hydrogen-bond donors (Lipinski definition) is 0. The lowest BCUT2D eigenvalue weighted by molar-refractivity contribution is 0.0747. The quantitative estimate of drug-likeness (QED) is 0.409. The molecule has 1 aliphatic heterocycles. The molecular formula is C29H30N4O2. The minimum atomic E-state index is -0.00583. The molecule has 1 fully saturated rings. The highest BCUT2D eigenvalue weighted by atomic mass is 16.5. The largest absolute Gasteiger partial charge is 0.496 e. The number of amides is 1. The van der Waals surface area contributed by atoms with E-state index in [9.17, 15) is 4.79 Å². The second-order valence-electron chi connectivity index (χ2n) is 8.87. The molecule has 1 saturated heterocycles. The van der Waals surface area contributed by atoms with E-state index in [4.69, 9.17) is 9.84 Å². The number of nitrogens with zero attached hydrogens (tertiary/aromatic N) is 4. The van der Waals surface area contributed by atoms with E-state index in [0.29, 0.717) is 30.1 Å². The molecule has 6 heteroatoms. The predicted molar refractivity (Wildman–Crippen MR) is 140 cm³/mol. The zero-order chi connectivity index (χ0) is 24.4. The highest BCUT2D eigenvalue weighted by Gasteiger charge is 2.28. The lowest BCUT2D eigenvalue weighted by Crippen LogP contribution is -2.49. The molecule has 0 N–H and O–H groups in total. The maximum atomic E-state index is 13.8. The summed E-state index contributed by atoms with van der Waals surface area (Å²) in [6.07, 6.45) is 1.84. The highest BCUT2D eigenvalue weighted by molar-refractivity contribution is 6.00. The van der Waals surface area contributed by atoms with E-state index in [1.54, 1.807) is 11.8 Å². The van der Waals surface area contributed by atoms with E-state index in [2.05, 4.69) is 36.9 Å². The number of aromatic nitrogens is 2. The molecule has 4 aromatic rings. The van der Waals surface area contributed by atoms with Crippen LogP contribution in [0, 0.1) is 13.8 Å². The number of piperazine rings is 1. The van der Waals surface area contributed by atoms with E-state index in [1.807, 2.05) is 65.7 Å². The van der Waals surface area contributed by atoms with Gasteiger partial charge in [0.1, 0.15) is 11.4 Å². The van der Waals surface area contributed by atoms with Gasteiger partial charge in [0.2, 0.25) is 0 Å². The number of para-hydroxylation sites is 2. The summed E-state index contributed by atoms with van der Waals surface area (Å²) in [6, 6.07) is 24.0. The van der Waals surface area contributed by atoms with Crippen LogP contribution in [0.25, 0.3) is 16.9 Å². The van der Waals surface area contributed by atoms with Crippen LogP contribution >= 0.6 is 0 Å². The van der Waals surface area contributed by atoms with Crippen LogP contribution in [0.4, 0.5) is 5.69 Å². The minimum Gasteiger partial charge on any atom is -0.496 e. The zero-order valence-corrected chi connectivity index (χ0v) is 20.4. The van der Waals surface area contributed by atoms with Gasteiger partial charge >= 0.3 is 0 Å². The standard InChI is InChI=1S/C29H30N4O2/c1-21-10-9-14-26(22(21)2)31-16-18-32(19-17-31)29(34)25-20-33(23-11-5-4-6-12-23)30-28(25)24-13-7-8-15-27(24)35-3/h4-15,20H,16-19H2,1-3H3. The highest BCUT2D eigenvalue weighted by Crippen LogP contribution is 2.33. The van der Waals surface area contributed by atoms with Gasteiger partial charge in [0, 0.05) is 43.6 Å². The molecule has 0 bridgehead atoms. The maximum Gasteiger partial charge on any atom is 0.257 e. The SMILES string of the molecule is COc1ccccc1-c1nn(-c2ccccc2)cc1C(=O)N1CCN(c2cccc(C)c2C)CC1. The van der Waals surface area contributed by atoms with Crippen LogP contribution in [0.1, 0.15) is 21.5 Å². The fraction of sp³-hybridized carbons (Fsp3) is 0.241. The molecule has 1 aliphatic rings. The van der Waals surface area contributed by atoms with Gasteiger partial charge < -0.3 is 14.5 Å². The molecule has 0 radical (unpaired) electrons. The van der Waals surface area contributed by atoms with Crippen molar-refractivity contribution in [3.63, 3.8) is 0 Å². The van der Waals surface area contributed by atoms with Gasteiger partial charge in [-0.2, -0.15) is 5.10 Å². The van der Waals surface area contributed by atoms with Crippen LogP contribution in [0.5, 0.6) is 5.75 Å². The van der Waals surface area contributed by atoms with Crippen molar-refractivity contribution < 1.29 is 9.53 Å². The molecule has 0 saturated carbocycles. The van der Waals surface area contributed by atoms with Gasteiger partial charge in [-0.1, -0.05) is 42.5 Å². The molecule has 3 aromatic carbocycles. The number of benzene rings is 3. The van der Waals surface area contributed by atoms with Gasteiger partial charge in [-0.05, 0) is 55.3 Å². The minimum absolute atomic E-state index is 0.00583. The summed E-state index contributed by atoms with van der Waals surface area (Å²) in [7, 11) is 1.64. The summed E-state index contributed by atoms with van der Waals surface area (Å²) in [5.74, 6) is 0.688. The van der Waals surface area contributed by atoms with Crippen LogP contribution in [0.2, 0.25) is 0 Å². The summed E-state index contributed by atoms with van der Waals surface area (Å²) in [5.41, 5.74) is 6.77.